The molecule has 8 heteroatoms. The topological polar surface area (TPSA) is 79.4 Å². The molecule has 0 fully saturated rings. The highest BCUT2D eigenvalue weighted by atomic mass is 32.2. The number of anilines is 1. The average molecular weight is 402 g/mol. The summed E-state index contributed by atoms with van der Waals surface area (Å²) in [5, 5.41) is 4.26. The van der Waals surface area contributed by atoms with Crippen LogP contribution in [0.1, 0.15) is 20.8 Å². The van der Waals surface area contributed by atoms with Crippen LogP contribution in [0.3, 0.4) is 0 Å². The summed E-state index contributed by atoms with van der Waals surface area (Å²) < 4.78 is 26.9. The normalized spacial score (nSPS) is 11.2. The third kappa shape index (κ3) is 4.35. The Balaban J connectivity index is 1.74. The van der Waals surface area contributed by atoms with E-state index in [0.717, 1.165) is 22.5 Å². The minimum atomic E-state index is -3.73. The molecule has 0 aliphatic carbocycles. The van der Waals surface area contributed by atoms with E-state index in [1.54, 1.807) is 30.6 Å². The van der Waals surface area contributed by atoms with Gasteiger partial charge in [-0.2, -0.15) is 0 Å². The van der Waals surface area contributed by atoms with E-state index in [2.05, 4.69) is 10.3 Å². The molecular formula is C19H19N3O3S2. The number of rotatable bonds is 6. The molecule has 2 aromatic heterocycles. The second-order valence-corrected chi connectivity index (χ2v) is 8.88. The molecule has 0 saturated carbocycles. The van der Waals surface area contributed by atoms with E-state index in [0.29, 0.717) is 17.1 Å². The first kappa shape index (κ1) is 19.1. The standard InChI is InChI=1S/C19H19N3O3S2/c1-14-5-3-7-16(9-14)22(2)27(24,25)17-10-18(26-13-17)19(23)21-12-15-6-4-8-20-11-15/h3-11,13H,12H2,1-2H3,(H,21,23). The van der Waals surface area contributed by atoms with Gasteiger partial charge in [0.25, 0.3) is 15.9 Å². The third-order valence-corrected chi connectivity index (χ3v) is 6.84. The summed E-state index contributed by atoms with van der Waals surface area (Å²) in [5.74, 6) is -0.316. The van der Waals surface area contributed by atoms with Gasteiger partial charge in [0.05, 0.1) is 15.5 Å². The number of pyridine rings is 1. The van der Waals surface area contributed by atoms with Crippen molar-refractivity contribution in [1.29, 1.82) is 0 Å². The highest BCUT2D eigenvalue weighted by Gasteiger charge is 2.24. The zero-order valence-corrected chi connectivity index (χ0v) is 16.5. The zero-order valence-electron chi connectivity index (χ0n) is 14.9. The van der Waals surface area contributed by atoms with E-state index in [9.17, 15) is 13.2 Å². The summed E-state index contributed by atoms with van der Waals surface area (Å²) >= 11 is 1.10. The Morgan fingerprint density at radius 1 is 1.22 bits per heavy atom. The number of aromatic nitrogens is 1. The first-order chi connectivity index (χ1) is 12.9. The quantitative estimate of drug-likeness (QED) is 0.688. The summed E-state index contributed by atoms with van der Waals surface area (Å²) in [6.45, 7) is 2.23. The Hall–Kier alpha value is -2.71. The molecule has 1 amide bonds. The van der Waals surface area contributed by atoms with E-state index in [-0.39, 0.29) is 10.8 Å². The fourth-order valence-corrected chi connectivity index (χ4v) is 4.83. The van der Waals surface area contributed by atoms with Gasteiger partial charge in [-0.05, 0) is 42.3 Å². The highest BCUT2D eigenvalue weighted by Crippen LogP contribution is 2.26. The molecule has 0 saturated heterocycles. The van der Waals surface area contributed by atoms with E-state index in [1.165, 1.54) is 22.8 Å². The van der Waals surface area contributed by atoms with Gasteiger partial charge in [-0.1, -0.05) is 18.2 Å². The lowest BCUT2D eigenvalue weighted by atomic mass is 10.2. The van der Waals surface area contributed by atoms with Crippen LogP contribution in [0.15, 0.2) is 65.1 Å². The molecule has 0 atom stereocenters. The minimum Gasteiger partial charge on any atom is -0.347 e. The molecule has 3 rings (SSSR count). The number of hydrogen-bond donors (Lipinski definition) is 1. The van der Waals surface area contributed by atoms with E-state index >= 15 is 0 Å². The molecule has 0 radical (unpaired) electrons. The Morgan fingerprint density at radius 3 is 2.74 bits per heavy atom. The van der Waals surface area contributed by atoms with Crippen molar-refractivity contribution >= 4 is 33.0 Å². The van der Waals surface area contributed by atoms with Crippen molar-refractivity contribution < 1.29 is 13.2 Å². The van der Waals surface area contributed by atoms with Crippen LogP contribution in [0.2, 0.25) is 0 Å². The fourth-order valence-electron chi connectivity index (χ4n) is 2.47. The molecule has 3 aromatic rings. The van der Waals surface area contributed by atoms with Crippen molar-refractivity contribution in [3.8, 4) is 0 Å². The molecule has 0 aliphatic rings. The predicted molar refractivity (Wildman–Crippen MR) is 106 cm³/mol. The van der Waals surface area contributed by atoms with Gasteiger partial charge in [0.2, 0.25) is 0 Å². The van der Waals surface area contributed by atoms with Crippen molar-refractivity contribution in [3.63, 3.8) is 0 Å². The minimum absolute atomic E-state index is 0.100. The Bertz CT molecular complexity index is 1050. The van der Waals surface area contributed by atoms with Gasteiger partial charge in [0.1, 0.15) is 0 Å². The monoisotopic (exact) mass is 401 g/mol. The first-order valence-corrected chi connectivity index (χ1v) is 10.5. The summed E-state index contributed by atoms with van der Waals surface area (Å²) in [4.78, 5) is 16.7. The summed E-state index contributed by atoms with van der Waals surface area (Å²) in [5.41, 5.74) is 2.41. The number of aryl methyl sites for hydroxylation is 1. The molecule has 0 bridgehead atoms. The van der Waals surface area contributed by atoms with Crippen LogP contribution >= 0.6 is 11.3 Å². The SMILES string of the molecule is Cc1cccc(N(C)S(=O)(=O)c2csc(C(=O)NCc3cccnc3)c2)c1. The van der Waals surface area contributed by atoms with E-state index < -0.39 is 10.0 Å². The van der Waals surface area contributed by atoms with Gasteiger partial charge in [0, 0.05) is 31.4 Å². The van der Waals surface area contributed by atoms with Crippen LogP contribution in [-0.2, 0) is 16.6 Å². The largest absolute Gasteiger partial charge is 0.347 e. The fraction of sp³-hybridized carbons (Fsp3) is 0.158. The number of carbonyl (C=O) groups is 1. The van der Waals surface area contributed by atoms with Crippen LogP contribution in [0.5, 0.6) is 0 Å². The third-order valence-electron chi connectivity index (χ3n) is 4.00. The van der Waals surface area contributed by atoms with E-state index in [4.69, 9.17) is 0 Å². The second kappa shape index (κ2) is 7.89. The van der Waals surface area contributed by atoms with Crippen molar-refractivity contribution in [1.82, 2.24) is 10.3 Å². The maximum absolute atomic E-state index is 12.9. The number of nitrogens with one attached hydrogen (secondary N) is 1. The van der Waals surface area contributed by atoms with Gasteiger partial charge in [-0.15, -0.1) is 11.3 Å². The van der Waals surface area contributed by atoms with Crippen LogP contribution in [0.4, 0.5) is 5.69 Å². The van der Waals surface area contributed by atoms with Crippen molar-refractivity contribution in [2.24, 2.45) is 0 Å². The van der Waals surface area contributed by atoms with Gasteiger partial charge < -0.3 is 5.32 Å². The molecule has 1 N–H and O–H groups in total. The van der Waals surface area contributed by atoms with Gasteiger partial charge in [-0.3, -0.25) is 14.1 Å². The number of carbonyl (C=O) groups excluding carboxylic acids is 1. The molecular weight excluding hydrogens is 382 g/mol. The molecule has 0 aliphatic heterocycles. The van der Waals surface area contributed by atoms with Crippen molar-refractivity contribution in [2.75, 3.05) is 11.4 Å². The smallest absolute Gasteiger partial charge is 0.264 e. The molecule has 1 aromatic carbocycles. The number of nitrogens with zero attached hydrogens (tertiary/aromatic N) is 2. The summed E-state index contributed by atoms with van der Waals surface area (Å²) in [7, 11) is -2.23. The average Bonchev–Trinajstić information content (AvgIpc) is 3.17. The van der Waals surface area contributed by atoms with Crippen molar-refractivity contribution in [3.05, 3.63) is 76.2 Å². The lowest BCUT2D eigenvalue weighted by Gasteiger charge is -2.19. The highest BCUT2D eigenvalue weighted by molar-refractivity contribution is 7.93. The lowest BCUT2D eigenvalue weighted by molar-refractivity contribution is 0.0955. The van der Waals surface area contributed by atoms with Crippen LogP contribution in [0, 0.1) is 6.92 Å². The Labute approximate surface area is 162 Å². The molecule has 6 nitrogen and oxygen atoms in total. The van der Waals surface area contributed by atoms with Crippen LogP contribution in [0.25, 0.3) is 0 Å². The molecule has 27 heavy (non-hydrogen) atoms. The number of hydrogen-bond acceptors (Lipinski definition) is 5. The Morgan fingerprint density at radius 2 is 2.04 bits per heavy atom. The number of amides is 1. The predicted octanol–water partition coefficient (Wildman–Crippen LogP) is 3.21. The molecule has 0 unspecified atom stereocenters. The lowest BCUT2D eigenvalue weighted by Crippen LogP contribution is -2.26. The van der Waals surface area contributed by atoms with E-state index in [1.807, 2.05) is 25.1 Å². The second-order valence-electron chi connectivity index (χ2n) is 6.00. The molecule has 140 valence electrons. The summed E-state index contributed by atoms with van der Waals surface area (Å²) in [6, 6.07) is 12.3. The summed E-state index contributed by atoms with van der Waals surface area (Å²) in [6.07, 6.45) is 3.33. The van der Waals surface area contributed by atoms with Gasteiger partial charge >= 0.3 is 0 Å². The number of sulfonamides is 1. The zero-order chi connectivity index (χ0) is 19.4. The van der Waals surface area contributed by atoms with Gasteiger partial charge in [0.15, 0.2) is 0 Å². The number of thiophene rings is 1. The first-order valence-electron chi connectivity index (χ1n) is 8.19. The maximum atomic E-state index is 12.9. The Kier molecular flexibility index (Phi) is 5.57. The molecule has 0 spiro atoms. The van der Waals surface area contributed by atoms with Crippen LogP contribution in [-0.4, -0.2) is 26.4 Å². The van der Waals surface area contributed by atoms with Gasteiger partial charge in [-0.25, -0.2) is 8.42 Å². The van der Waals surface area contributed by atoms with Crippen LogP contribution < -0.4 is 9.62 Å². The molecule has 2 heterocycles. The maximum Gasteiger partial charge on any atom is 0.264 e. The van der Waals surface area contributed by atoms with Crippen molar-refractivity contribution in [2.45, 2.75) is 18.4 Å². The number of benzene rings is 1.